The molecule has 94 valence electrons. The van der Waals surface area contributed by atoms with E-state index in [0.717, 1.165) is 13.1 Å². The Kier molecular flexibility index (Phi) is 4.24. The molecule has 1 atom stereocenters. The quantitative estimate of drug-likeness (QED) is 0.867. The lowest BCUT2D eigenvalue weighted by Crippen LogP contribution is -2.39. The van der Waals surface area contributed by atoms with Crippen molar-refractivity contribution >= 4 is 17.3 Å². The van der Waals surface area contributed by atoms with Crippen molar-refractivity contribution in [2.75, 3.05) is 18.4 Å². The van der Waals surface area contributed by atoms with Crippen LogP contribution >= 0.6 is 11.6 Å². The van der Waals surface area contributed by atoms with Gasteiger partial charge in [-0.15, -0.1) is 0 Å². The normalized spacial score (nSPS) is 20.3. The van der Waals surface area contributed by atoms with Gasteiger partial charge in [0.15, 0.2) is 0 Å². The fourth-order valence-corrected chi connectivity index (χ4v) is 2.40. The second-order valence-electron chi connectivity index (χ2n) is 4.61. The van der Waals surface area contributed by atoms with Gasteiger partial charge in [0, 0.05) is 12.6 Å². The van der Waals surface area contributed by atoms with Crippen molar-refractivity contribution in [3.63, 3.8) is 0 Å². The maximum absolute atomic E-state index is 13.4. The molecule has 0 bridgehead atoms. The molecule has 2 nitrogen and oxygen atoms in total. The molecular formula is C13H18ClFN2. The monoisotopic (exact) mass is 256 g/mol. The Bertz CT molecular complexity index is 389. The molecule has 1 heterocycles. The van der Waals surface area contributed by atoms with Crippen LogP contribution in [0.1, 0.15) is 24.8 Å². The van der Waals surface area contributed by atoms with Gasteiger partial charge in [0.2, 0.25) is 0 Å². The lowest BCUT2D eigenvalue weighted by molar-refractivity contribution is 0.414. The SMILES string of the molecule is Cc1cc(Cl)c(NCC2CCCCN2)cc1F. The number of halogens is 2. The Balaban J connectivity index is 1.96. The number of piperidine rings is 1. The Morgan fingerprint density at radius 1 is 1.47 bits per heavy atom. The van der Waals surface area contributed by atoms with Crippen LogP contribution in [0, 0.1) is 12.7 Å². The van der Waals surface area contributed by atoms with Crippen LogP contribution in [0.15, 0.2) is 12.1 Å². The Labute approximate surface area is 107 Å². The van der Waals surface area contributed by atoms with Gasteiger partial charge in [0.25, 0.3) is 0 Å². The van der Waals surface area contributed by atoms with Crippen molar-refractivity contribution in [2.24, 2.45) is 0 Å². The molecule has 2 N–H and O–H groups in total. The third-order valence-corrected chi connectivity index (χ3v) is 3.51. The number of nitrogens with one attached hydrogen (secondary N) is 2. The largest absolute Gasteiger partial charge is 0.382 e. The average Bonchev–Trinajstić information content (AvgIpc) is 2.33. The van der Waals surface area contributed by atoms with Crippen LogP contribution in [0.2, 0.25) is 5.02 Å². The highest BCUT2D eigenvalue weighted by molar-refractivity contribution is 6.33. The van der Waals surface area contributed by atoms with Crippen LogP contribution in [0.3, 0.4) is 0 Å². The summed E-state index contributed by atoms with van der Waals surface area (Å²) in [6, 6.07) is 3.60. The lowest BCUT2D eigenvalue weighted by atomic mass is 10.1. The van der Waals surface area contributed by atoms with Crippen molar-refractivity contribution in [1.82, 2.24) is 5.32 Å². The summed E-state index contributed by atoms with van der Waals surface area (Å²) in [6.45, 7) is 3.58. The zero-order chi connectivity index (χ0) is 12.3. The molecule has 1 saturated heterocycles. The van der Waals surface area contributed by atoms with Crippen LogP contribution < -0.4 is 10.6 Å². The first-order valence-electron chi connectivity index (χ1n) is 6.09. The number of anilines is 1. The van der Waals surface area contributed by atoms with E-state index < -0.39 is 0 Å². The molecule has 1 aliphatic rings. The molecule has 0 saturated carbocycles. The van der Waals surface area contributed by atoms with Gasteiger partial charge in [-0.2, -0.15) is 0 Å². The van der Waals surface area contributed by atoms with Gasteiger partial charge in [0.05, 0.1) is 10.7 Å². The van der Waals surface area contributed by atoms with Gasteiger partial charge in [-0.1, -0.05) is 18.0 Å². The predicted molar refractivity (Wildman–Crippen MR) is 70.3 cm³/mol. The second-order valence-corrected chi connectivity index (χ2v) is 5.02. The van der Waals surface area contributed by atoms with Gasteiger partial charge in [-0.3, -0.25) is 0 Å². The third-order valence-electron chi connectivity index (χ3n) is 3.20. The molecule has 4 heteroatoms. The highest BCUT2D eigenvalue weighted by atomic mass is 35.5. The van der Waals surface area contributed by atoms with Crippen LogP contribution in [0.4, 0.5) is 10.1 Å². The summed E-state index contributed by atoms with van der Waals surface area (Å²) in [7, 11) is 0. The average molecular weight is 257 g/mol. The molecule has 1 aromatic carbocycles. The van der Waals surface area contributed by atoms with Gasteiger partial charge in [-0.25, -0.2) is 4.39 Å². The van der Waals surface area contributed by atoms with Crippen molar-refractivity contribution < 1.29 is 4.39 Å². The summed E-state index contributed by atoms with van der Waals surface area (Å²) in [5, 5.41) is 7.23. The van der Waals surface area contributed by atoms with E-state index in [4.69, 9.17) is 11.6 Å². The van der Waals surface area contributed by atoms with Crippen molar-refractivity contribution in [2.45, 2.75) is 32.2 Å². The predicted octanol–water partition coefficient (Wildman–Crippen LogP) is 3.34. The summed E-state index contributed by atoms with van der Waals surface area (Å²) in [4.78, 5) is 0. The number of benzene rings is 1. The molecule has 0 aliphatic carbocycles. The number of rotatable bonds is 3. The van der Waals surface area contributed by atoms with E-state index >= 15 is 0 Å². The van der Waals surface area contributed by atoms with Crippen molar-refractivity contribution in [1.29, 1.82) is 0 Å². The number of hydrogen-bond donors (Lipinski definition) is 2. The third kappa shape index (κ3) is 3.33. The molecule has 1 unspecified atom stereocenters. The summed E-state index contributed by atoms with van der Waals surface area (Å²) in [5.41, 5.74) is 1.26. The first-order valence-corrected chi connectivity index (χ1v) is 6.47. The lowest BCUT2D eigenvalue weighted by Gasteiger charge is -2.24. The minimum absolute atomic E-state index is 0.214. The van der Waals surface area contributed by atoms with Crippen LogP contribution in [0.5, 0.6) is 0 Å². The summed E-state index contributed by atoms with van der Waals surface area (Å²) in [6.07, 6.45) is 3.67. The summed E-state index contributed by atoms with van der Waals surface area (Å²) < 4.78 is 13.4. The molecule has 1 aliphatic heterocycles. The molecule has 0 spiro atoms. The fraction of sp³-hybridized carbons (Fsp3) is 0.538. The topological polar surface area (TPSA) is 24.1 Å². The zero-order valence-electron chi connectivity index (χ0n) is 10.0. The second kappa shape index (κ2) is 5.69. The van der Waals surface area contributed by atoms with E-state index in [0.29, 0.717) is 22.3 Å². The maximum Gasteiger partial charge on any atom is 0.128 e. The standard InChI is InChI=1S/C13H18ClFN2/c1-9-6-11(14)13(7-12(9)15)17-8-10-4-2-3-5-16-10/h6-7,10,16-17H,2-5,8H2,1H3. The van der Waals surface area contributed by atoms with E-state index in [9.17, 15) is 4.39 Å². The highest BCUT2D eigenvalue weighted by Gasteiger charge is 2.13. The Hall–Kier alpha value is -0.800. The molecule has 0 amide bonds. The first-order chi connectivity index (χ1) is 8.16. The van der Waals surface area contributed by atoms with Crippen LogP contribution in [-0.2, 0) is 0 Å². The minimum Gasteiger partial charge on any atom is -0.382 e. The molecule has 2 rings (SSSR count). The number of hydrogen-bond acceptors (Lipinski definition) is 2. The Morgan fingerprint density at radius 3 is 3.00 bits per heavy atom. The molecule has 1 fully saturated rings. The van der Waals surface area contributed by atoms with Crippen LogP contribution in [0.25, 0.3) is 0 Å². The molecule has 1 aromatic rings. The van der Waals surface area contributed by atoms with Crippen LogP contribution in [-0.4, -0.2) is 19.1 Å². The van der Waals surface area contributed by atoms with Gasteiger partial charge < -0.3 is 10.6 Å². The van der Waals surface area contributed by atoms with Crippen molar-refractivity contribution in [3.05, 3.63) is 28.5 Å². The smallest absolute Gasteiger partial charge is 0.128 e. The fourth-order valence-electron chi connectivity index (χ4n) is 2.11. The van der Waals surface area contributed by atoms with Crippen molar-refractivity contribution in [3.8, 4) is 0 Å². The first kappa shape index (κ1) is 12.7. The van der Waals surface area contributed by atoms with E-state index in [1.54, 1.807) is 13.0 Å². The minimum atomic E-state index is -0.214. The van der Waals surface area contributed by atoms with Gasteiger partial charge in [-0.05, 0) is 44.0 Å². The molecule has 0 radical (unpaired) electrons. The van der Waals surface area contributed by atoms with E-state index in [2.05, 4.69) is 10.6 Å². The molecule has 0 aromatic heterocycles. The molecule has 17 heavy (non-hydrogen) atoms. The van der Waals surface area contributed by atoms with E-state index in [1.165, 1.54) is 25.3 Å². The zero-order valence-corrected chi connectivity index (χ0v) is 10.8. The Morgan fingerprint density at radius 2 is 2.29 bits per heavy atom. The summed E-state index contributed by atoms with van der Waals surface area (Å²) in [5.74, 6) is -0.214. The highest BCUT2D eigenvalue weighted by Crippen LogP contribution is 2.25. The van der Waals surface area contributed by atoms with E-state index in [1.807, 2.05) is 0 Å². The maximum atomic E-state index is 13.4. The van der Waals surface area contributed by atoms with E-state index in [-0.39, 0.29) is 5.82 Å². The summed E-state index contributed by atoms with van der Waals surface area (Å²) >= 11 is 6.07. The van der Waals surface area contributed by atoms with Gasteiger partial charge in [0.1, 0.15) is 5.82 Å². The number of aryl methyl sites for hydroxylation is 1. The van der Waals surface area contributed by atoms with Gasteiger partial charge >= 0.3 is 0 Å². The molecular weight excluding hydrogens is 239 g/mol.